The Hall–Kier alpha value is -1.66. The van der Waals surface area contributed by atoms with E-state index in [4.69, 9.17) is 4.42 Å². The summed E-state index contributed by atoms with van der Waals surface area (Å²) in [4.78, 5) is 28.2. The number of fused-ring (bicyclic) bond motifs is 5. The molecule has 3 fully saturated rings. The van der Waals surface area contributed by atoms with Crippen LogP contribution >= 0.6 is 0 Å². The first-order valence-electron chi connectivity index (χ1n) is 11.0. The topological polar surface area (TPSA) is 74.6 Å². The third kappa shape index (κ3) is 3.01. The predicted molar refractivity (Wildman–Crippen MR) is 106 cm³/mol. The van der Waals surface area contributed by atoms with Crippen LogP contribution < -0.4 is 10.6 Å². The number of hydrogen-bond acceptors (Lipinski definition) is 5. The Morgan fingerprint density at radius 3 is 2.96 bits per heavy atom. The van der Waals surface area contributed by atoms with Crippen molar-refractivity contribution in [3.63, 3.8) is 0 Å². The van der Waals surface area contributed by atoms with E-state index in [-0.39, 0.29) is 11.7 Å². The highest BCUT2D eigenvalue weighted by Crippen LogP contribution is 2.39. The lowest BCUT2D eigenvalue weighted by atomic mass is 9.73. The van der Waals surface area contributed by atoms with Crippen LogP contribution in [0.1, 0.15) is 70.8 Å². The number of piperidine rings is 3. The summed E-state index contributed by atoms with van der Waals surface area (Å²) in [6, 6.07) is 1.04. The van der Waals surface area contributed by atoms with Crippen molar-refractivity contribution in [1.82, 2.24) is 15.5 Å². The molecular formula is C22H31N3O3. The minimum absolute atomic E-state index is 0.0522. The van der Waals surface area contributed by atoms with Gasteiger partial charge in [-0.15, -0.1) is 0 Å². The molecule has 0 radical (unpaired) electrons. The fraction of sp³-hybridized carbons (Fsp3) is 0.727. The lowest BCUT2D eigenvalue weighted by Crippen LogP contribution is -2.65. The fourth-order valence-corrected chi connectivity index (χ4v) is 6.22. The van der Waals surface area contributed by atoms with E-state index in [2.05, 4.69) is 15.5 Å². The number of furan rings is 1. The van der Waals surface area contributed by atoms with E-state index in [0.717, 1.165) is 38.4 Å². The van der Waals surface area contributed by atoms with Crippen molar-refractivity contribution in [3.8, 4) is 0 Å². The summed E-state index contributed by atoms with van der Waals surface area (Å²) in [7, 11) is 0. The van der Waals surface area contributed by atoms with Crippen LogP contribution in [0.5, 0.6) is 0 Å². The van der Waals surface area contributed by atoms with Crippen molar-refractivity contribution in [2.45, 2.75) is 64.0 Å². The zero-order chi connectivity index (χ0) is 19.3. The van der Waals surface area contributed by atoms with Crippen LogP contribution in [-0.2, 0) is 6.42 Å². The molecule has 3 aliphatic heterocycles. The summed E-state index contributed by atoms with van der Waals surface area (Å²) in [6.45, 7) is 5.79. The van der Waals surface area contributed by atoms with Crippen LogP contribution in [0.2, 0.25) is 0 Å². The van der Waals surface area contributed by atoms with Crippen LogP contribution in [0.3, 0.4) is 0 Å². The fourth-order valence-electron chi connectivity index (χ4n) is 6.22. The van der Waals surface area contributed by atoms with Crippen LogP contribution in [0.15, 0.2) is 4.42 Å². The van der Waals surface area contributed by atoms with Gasteiger partial charge >= 0.3 is 0 Å². The lowest BCUT2D eigenvalue weighted by molar-refractivity contribution is -0.0371. The maximum atomic E-state index is 13.1. The van der Waals surface area contributed by atoms with Crippen molar-refractivity contribution in [2.24, 2.45) is 11.8 Å². The average Bonchev–Trinajstić information content (AvgIpc) is 3.05. The summed E-state index contributed by atoms with van der Waals surface area (Å²) in [5.74, 6) is 2.54. The number of aryl methyl sites for hydroxylation is 2. The average molecular weight is 386 g/mol. The molecule has 152 valence electrons. The van der Waals surface area contributed by atoms with Crippen LogP contribution in [-0.4, -0.2) is 54.9 Å². The number of ketones is 1. The highest BCUT2D eigenvalue weighted by molar-refractivity contribution is 6.10. The standard InChI is InChI=1S/C22H31N3O3/c1-13-20(21-18(26)6-4-7-19(21)28-13)22(27)24-12-17-15-9-14(10-23-11-15)16-5-2-3-8-25(16)17/h14-17,23H,2-12H2,1H3,(H,24,27)/t14-,15+,16+,17+/m1/s1. The minimum Gasteiger partial charge on any atom is -0.465 e. The Balaban J connectivity index is 1.34. The third-order valence-electron chi connectivity index (χ3n) is 7.47. The van der Waals surface area contributed by atoms with E-state index in [9.17, 15) is 9.59 Å². The number of nitrogens with one attached hydrogen (secondary N) is 2. The van der Waals surface area contributed by atoms with Crippen molar-refractivity contribution in [3.05, 3.63) is 22.6 Å². The van der Waals surface area contributed by atoms with E-state index in [1.54, 1.807) is 6.92 Å². The molecule has 4 atom stereocenters. The van der Waals surface area contributed by atoms with Gasteiger partial charge < -0.3 is 15.1 Å². The molecule has 4 heterocycles. The van der Waals surface area contributed by atoms with E-state index >= 15 is 0 Å². The van der Waals surface area contributed by atoms with Crippen molar-refractivity contribution in [2.75, 3.05) is 26.2 Å². The maximum Gasteiger partial charge on any atom is 0.255 e. The Morgan fingerprint density at radius 1 is 1.21 bits per heavy atom. The number of Topliss-reactive ketones (excluding diaryl/α,β-unsaturated/α-hetero) is 1. The van der Waals surface area contributed by atoms with Gasteiger partial charge in [-0.1, -0.05) is 6.42 Å². The van der Waals surface area contributed by atoms with Gasteiger partial charge in [-0.25, -0.2) is 0 Å². The third-order valence-corrected chi connectivity index (χ3v) is 7.47. The van der Waals surface area contributed by atoms with Gasteiger partial charge in [0.2, 0.25) is 0 Å². The largest absolute Gasteiger partial charge is 0.465 e. The number of carbonyl (C=O) groups is 2. The molecule has 1 aliphatic carbocycles. The monoisotopic (exact) mass is 385 g/mol. The van der Waals surface area contributed by atoms with E-state index in [1.165, 1.54) is 25.7 Å². The van der Waals surface area contributed by atoms with Crippen LogP contribution in [0.4, 0.5) is 0 Å². The molecule has 6 nitrogen and oxygen atoms in total. The maximum absolute atomic E-state index is 13.1. The first kappa shape index (κ1) is 18.4. The number of nitrogens with zero attached hydrogens (tertiary/aromatic N) is 1. The molecule has 2 N–H and O–H groups in total. The number of rotatable bonds is 3. The molecule has 1 aromatic rings. The molecule has 1 amide bonds. The molecule has 0 saturated carbocycles. The predicted octanol–water partition coefficient (Wildman–Crippen LogP) is 2.30. The van der Waals surface area contributed by atoms with Gasteiger partial charge in [0, 0.05) is 31.5 Å². The van der Waals surface area contributed by atoms with Crippen molar-refractivity contribution in [1.29, 1.82) is 0 Å². The molecule has 28 heavy (non-hydrogen) atoms. The van der Waals surface area contributed by atoms with Crippen molar-refractivity contribution < 1.29 is 14.0 Å². The van der Waals surface area contributed by atoms with Gasteiger partial charge in [-0.05, 0) is 64.1 Å². The second kappa shape index (κ2) is 7.30. The van der Waals surface area contributed by atoms with Gasteiger partial charge in [0.1, 0.15) is 11.5 Å². The quantitative estimate of drug-likeness (QED) is 0.835. The Bertz CT molecular complexity index is 786. The molecule has 0 spiro atoms. The molecule has 0 aromatic carbocycles. The Kier molecular flexibility index (Phi) is 4.79. The summed E-state index contributed by atoms with van der Waals surface area (Å²) in [6.07, 6.45) is 7.22. The molecule has 6 heteroatoms. The van der Waals surface area contributed by atoms with Crippen LogP contribution in [0.25, 0.3) is 0 Å². The first-order chi connectivity index (χ1) is 13.6. The summed E-state index contributed by atoms with van der Waals surface area (Å²) >= 11 is 0. The molecule has 2 bridgehead atoms. The van der Waals surface area contributed by atoms with Gasteiger partial charge in [-0.3, -0.25) is 14.5 Å². The zero-order valence-electron chi connectivity index (χ0n) is 16.8. The van der Waals surface area contributed by atoms with Crippen molar-refractivity contribution >= 4 is 11.7 Å². The highest BCUT2D eigenvalue weighted by Gasteiger charge is 2.45. The Labute approximate surface area is 166 Å². The van der Waals surface area contributed by atoms with E-state index in [1.807, 2.05) is 0 Å². The number of hydrogen-bond donors (Lipinski definition) is 2. The number of amides is 1. The minimum atomic E-state index is -0.141. The van der Waals surface area contributed by atoms with Crippen LogP contribution in [0, 0.1) is 18.8 Å². The SMILES string of the molecule is Cc1oc2c(c1C(=O)NC[C@H]1[C@@H]3CNC[C@@H](C3)[C@@H]3CCCCN31)C(=O)CCC2. The van der Waals surface area contributed by atoms with E-state index < -0.39 is 0 Å². The molecule has 0 unspecified atom stereocenters. The molecule has 5 rings (SSSR count). The highest BCUT2D eigenvalue weighted by atomic mass is 16.3. The summed E-state index contributed by atoms with van der Waals surface area (Å²) in [5, 5.41) is 6.80. The summed E-state index contributed by atoms with van der Waals surface area (Å²) < 4.78 is 5.77. The van der Waals surface area contributed by atoms with Gasteiger partial charge in [0.15, 0.2) is 5.78 Å². The molecular weight excluding hydrogens is 354 g/mol. The molecule has 3 saturated heterocycles. The lowest BCUT2D eigenvalue weighted by Gasteiger charge is -2.55. The normalized spacial score (nSPS) is 32.5. The molecule has 1 aromatic heterocycles. The Morgan fingerprint density at radius 2 is 2.07 bits per heavy atom. The van der Waals surface area contributed by atoms with Gasteiger partial charge in [0.25, 0.3) is 5.91 Å². The molecule has 4 aliphatic rings. The van der Waals surface area contributed by atoms with Gasteiger partial charge in [-0.2, -0.15) is 0 Å². The zero-order valence-corrected chi connectivity index (χ0v) is 16.8. The smallest absolute Gasteiger partial charge is 0.255 e. The second-order valence-electron chi connectivity index (χ2n) is 9.10. The summed E-state index contributed by atoms with van der Waals surface area (Å²) in [5.41, 5.74) is 1.02. The van der Waals surface area contributed by atoms with E-state index in [0.29, 0.717) is 53.6 Å². The van der Waals surface area contributed by atoms with Gasteiger partial charge in [0.05, 0.1) is 11.1 Å². The second-order valence-corrected chi connectivity index (χ2v) is 9.10. The number of carbonyl (C=O) groups excluding carboxylic acids is 2. The first-order valence-corrected chi connectivity index (χ1v) is 11.0.